The SMILES string of the molecule is C=C/C=C(\N=C/C)Nc1cccc(C(=O)OC)c1O.CC. The van der Waals surface area contributed by atoms with E-state index in [4.69, 9.17) is 0 Å². The molecule has 0 aromatic heterocycles. The van der Waals surface area contributed by atoms with Gasteiger partial charge < -0.3 is 15.2 Å². The average Bonchev–Trinajstić information content (AvgIpc) is 2.51. The lowest BCUT2D eigenvalue weighted by molar-refractivity contribution is 0.0597. The van der Waals surface area contributed by atoms with Crippen molar-refractivity contribution in [1.82, 2.24) is 0 Å². The molecule has 0 atom stereocenters. The van der Waals surface area contributed by atoms with Gasteiger partial charge in [-0.15, -0.1) is 0 Å². The Morgan fingerprint density at radius 2 is 2.10 bits per heavy atom. The lowest BCUT2D eigenvalue weighted by atomic mass is 10.1. The van der Waals surface area contributed by atoms with Crippen molar-refractivity contribution in [3.63, 3.8) is 0 Å². The number of allylic oxidation sites excluding steroid dienone is 2. The number of nitrogens with zero attached hydrogens (tertiary/aromatic N) is 1. The van der Waals surface area contributed by atoms with Crippen LogP contribution in [0, 0.1) is 0 Å². The number of hydrogen-bond acceptors (Lipinski definition) is 5. The fourth-order valence-electron chi connectivity index (χ4n) is 1.42. The second kappa shape index (κ2) is 10.3. The molecule has 0 radical (unpaired) electrons. The summed E-state index contributed by atoms with van der Waals surface area (Å²) in [6.07, 6.45) is 4.81. The maximum absolute atomic E-state index is 11.5. The van der Waals surface area contributed by atoms with Crippen LogP contribution in [0.3, 0.4) is 0 Å². The molecule has 0 saturated heterocycles. The van der Waals surface area contributed by atoms with E-state index < -0.39 is 5.97 Å². The topological polar surface area (TPSA) is 70.9 Å². The van der Waals surface area contributed by atoms with Gasteiger partial charge in [-0.2, -0.15) is 0 Å². The molecule has 5 nitrogen and oxygen atoms in total. The zero-order valence-corrected chi connectivity index (χ0v) is 12.9. The Kier molecular flexibility index (Phi) is 9.00. The largest absolute Gasteiger partial charge is 0.505 e. The highest BCUT2D eigenvalue weighted by atomic mass is 16.5. The summed E-state index contributed by atoms with van der Waals surface area (Å²) in [4.78, 5) is 15.5. The van der Waals surface area contributed by atoms with E-state index in [1.165, 1.54) is 13.2 Å². The fraction of sp³-hybridized carbons (Fsp3) is 0.250. The number of benzene rings is 1. The Morgan fingerprint density at radius 1 is 1.43 bits per heavy atom. The van der Waals surface area contributed by atoms with Gasteiger partial charge in [0.05, 0.1) is 12.8 Å². The van der Waals surface area contributed by atoms with Crippen molar-refractivity contribution in [2.75, 3.05) is 12.4 Å². The Balaban J connectivity index is 0.00000191. The van der Waals surface area contributed by atoms with Crippen LogP contribution >= 0.6 is 0 Å². The minimum Gasteiger partial charge on any atom is -0.505 e. The molecule has 21 heavy (non-hydrogen) atoms. The van der Waals surface area contributed by atoms with Gasteiger partial charge in [0.1, 0.15) is 11.4 Å². The van der Waals surface area contributed by atoms with E-state index in [0.29, 0.717) is 11.5 Å². The van der Waals surface area contributed by atoms with Crippen LogP contribution in [0.4, 0.5) is 5.69 Å². The highest BCUT2D eigenvalue weighted by molar-refractivity contribution is 5.94. The summed E-state index contributed by atoms with van der Waals surface area (Å²) in [6, 6.07) is 4.74. The number of nitrogens with one attached hydrogen (secondary N) is 1. The number of phenols is 1. The summed E-state index contributed by atoms with van der Waals surface area (Å²) in [5.74, 6) is -0.292. The number of esters is 1. The Bertz CT molecular complexity index is 534. The molecule has 1 aromatic rings. The van der Waals surface area contributed by atoms with Crippen molar-refractivity contribution < 1.29 is 14.6 Å². The minimum absolute atomic E-state index is 0.0888. The summed E-state index contributed by atoms with van der Waals surface area (Å²) >= 11 is 0. The number of carbonyl (C=O) groups is 1. The van der Waals surface area contributed by atoms with Crippen molar-refractivity contribution in [2.45, 2.75) is 20.8 Å². The first kappa shape index (κ1) is 18.4. The number of ether oxygens (including phenoxy) is 1. The van der Waals surface area contributed by atoms with Crippen LogP contribution in [0.5, 0.6) is 5.75 Å². The molecule has 0 bridgehead atoms. The molecule has 5 heteroatoms. The van der Waals surface area contributed by atoms with E-state index >= 15 is 0 Å². The van der Waals surface area contributed by atoms with Gasteiger partial charge in [0.25, 0.3) is 0 Å². The molecule has 0 saturated carbocycles. The smallest absolute Gasteiger partial charge is 0.341 e. The molecule has 0 aliphatic heterocycles. The molecule has 0 spiro atoms. The van der Waals surface area contributed by atoms with E-state index in [1.54, 1.807) is 37.4 Å². The van der Waals surface area contributed by atoms with Crippen LogP contribution in [-0.2, 0) is 4.74 Å². The van der Waals surface area contributed by atoms with Crippen LogP contribution in [0.15, 0.2) is 47.7 Å². The third-order valence-corrected chi connectivity index (χ3v) is 2.25. The first-order valence-corrected chi connectivity index (χ1v) is 6.62. The molecule has 0 aliphatic carbocycles. The van der Waals surface area contributed by atoms with Gasteiger partial charge in [-0.3, -0.25) is 0 Å². The van der Waals surface area contributed by atoms with Gasteiger partial charge >= 0.3 is 5.97 Å². The van der Waals surface area contributed by atoms with Crippen LogP contribution < -0.4 is 5.32 Å². The van der Waals surface area contributed by atoms with Gasteiger partial charge in [0.2, 0.25) is 0 Å². The molecule has 1 rings (SSSR count). The van der Waals surface area contributed by atoms with Crippen molar-refractivity contribution in [3.8, 4) is 5.75 Å². The van der Waals surface area contributed by atoms with Crippen molar-refractivity contribution in [2.24, 2.45) is 4.99 Å². The third kappa shape index (κ3) is 5.52. The first-order chi connectivity index (χ1) is 10.1. The van der Waals surface area contributed by atoms with E-state index in [1.807, 2.05) is 13.8 Å². The van der Waals surface area contributed by atoms with Gasteiger partial charge in [-0.1, -0.05) is 32.6 Å². The van der Waals surface area contributed by atoms with Crippen LogP contribution in [0.1, 0.15) is 31.1 Å². The molecular formula is C16H22N2O3. The molecule has 114 valence electrons. The number of rotatable bonds is 5. The number of carbonyl (C=O) groups excluding carboxylic acids is 1. The Hall–Kier alpha value is -2.56. The zero-order chi connectivity index (χ0) is 16.3. The summed E-state index contributed by atoms with van der Waals surface area (Å²) in [5, 5.41) is 12.9. The molecule has 1 aromatic carbocycles. The normalized spacial score (nSPS) is 10.6. The number of aromatic hydroxyl groups is 1. The monoisotopic (exact) mass is 290 g/mol. The summed E-state index contributed by atoms with van der Waals surface area (Å²) in [6.45, 7) is 9.35. The predicted molar refractivity (Wildman–Crippen MR) is 86.9 cm³/mol. The molecule has 0 aliphatic rings. The lowest BCUT2D eigenvalue weighted by Crippen LogP contribution is -2.04. The maximum Gasteiger partial charge on any atom is 0.341 e. The van der Waals surface area contributed by atoms with Gasteiger partial charge in [-0.25, -0.2) is 9.79 Å². The molecular weight excluding hydrogens is 268 g/mol. The van der Waals surface area contributed by atoms with E-state index in [2.05, 4.69) is 21.6 Å². The maximum atomic E-state index is 11.5. The number of para-hydroxylation sites is 1. The van der Waals surface area contributed by atoms with Crippen LogP contribution in [0.2, 0.25) is 0 Å². The second-order valence-electron chi connectivity index (χ2n) is 3.49. The Labute approximate surface area is 125 Å². The highest BCUT2D eigenvalue weighted by Gasteiger charge is 2.14. The first-order valence-electron chi connectivity index (χ1n) is 6.62. The van der Waals surface area contributed by atoms with E-state index in [0.717, 1.165) is 0 Å². The number of aliphatic imine (C=N–C) groups is 1. The van der Waals surface area contributed by atoms with E-state index in [-0.39, 0.29) is 11.3 Å². The molecule has 0 amide bonds. The van der Waals surface area contributed by atoms with Crippen LogP contribution in [-0.4, -0.2) is 24.4 Å². The quantitative estimate of drug-likeness (QED) is 0.375. The summed E-state index contributed by atoms with van der Waals surface area (Å²) in [5.41, 5.74) is 0.451. The highest BCUT2D eigenvalue weighted by Crippen LogP contribution is 2.29. The minimum atomic E-state index is -0.602. The van der Waals surface area contributed by atoms with Gasteiger partial charge in [-0.05, 0) is 25.1 Å². The van der Waals surface area contributed by atoms with Gasteiger partial charge in [0, 0.05) is 6.21 Å². The van der Waals surface area contributed by atoms with Crippen LogP contribution in [0.25, 0.3) is 0 Å². The number of phenolic OH excluding ortho intramolecular Hbond substituents is 1. The molecule has 0 heterocycles. The van der Waals surface area contributed by atoms with Gasteiger partial charge in [0.15, 0.2) is 5.75 Å². The van der Waals surface area contributed by atoms with Crippen molar-refractivity contribution in [3.05, 3.63) is 48.3 Å². The standard InChI is InChI=1S/C14H16N2O3.C2H6/c1-4-7-12(15-5-2)16-11-9-6-8-10(13(11)17)14(18)19-3;1-2/h4-9,16-17H,1H2,2-3H3;1-2H3/b12-7+,15-5-;. The summed E-state index contributed by atoms with van der Waals surface area (Å²) in [7, 11) is 1.26. The zero-order valence-electron chi connectivity index (χ0n) is 12.9. The molecule has 2 N–H and O–H groups in total. The number of methoxy groups -OCH3 is 1. The molecule has 0 fully saturated rings. The summed E-state index contributed by atoms with van der Waals surface area (Å²) < 4.78 is 4.58. The number of hydrogen-bond donors (Lipinski definition) is 2. The molecule has 0 unspecified atom stereocenters. The van der Waals surface area contributed by atoms with E-state index in [9.17, 15) is 9.90 Å². The van der Waals surface area contributed by atoms with Crippen molar-refractivity contribution in [1.29, 1.82) is 0 Å². The lowest BCUT2D eigenvalue weighted by Gasteiger charge is -2.10. The second-order valence-corrected chi connectivity index (χ2v) is 3.49. The predicted octanol–water partition coefficient (Wildman–Crippen LogP) is 3.74. The number of anilines is 1. The third-order valence-electron chi connectivity index (χ3n) is 2.25. The van der Waals surface area contributed by atoms with Crippen molar-refractivity contribution >= 4 is 17.9 Å². The average molecular weight is 290 g/mol. The Morgan fingerprint density at radius 3 is 2.62 bits per heavy atom. The fourth-order valence-corrected chi connectivity index (χ4v) is 1.42.